The average Bonchev–Trinajstić information content (AvgIpc) is 2.38. The second kappa shape index (κ2) is 4.81. The molecule has 2 nitrogen and oxygen atoms in total. The Bertz CT molecular complexity index is 732. The van der Waals surface area contributed by atoms with Gasteiger partial charge in [-0.2, -0.15) is 0 Å². The Morgan fingerprint density at radius 1 is 0.947 bits per heavy atom. The molecule has 2 heteroatoms. The predicted octanol–water partition coefficient (Wildman–Crippen LogP) is 3.84. The number of pyridine rings is 2. The summed E-state index contributed by atoms with van der Waals surface area (Å²) in [4.78, 5) is 8.99. The lowest BCUT2D eigenvalue weighted by molar-refractivity contribution is 1.06. The van der Waals surface area contributed by atoms with Crippen LogP contribution in [-0.2, 0) is 6.42 Å². The quantitative estimate of drug-likeness (QED) is 0.688. The van der Waals surface area contributed by atoms with Gasteiger partial charge in [-0.25, -0.2) is 0 Å². The number of hydrogen-bond donors (Lipinski definition) is 0. The zero-order valence-electron chi connectivity index (χ0n) is 11.2. The number of aryl methyl sites for hydroxylation is 2. The van der Waals surface area contributed by atoms with Crippen LogP contribution in [0.1, 0.15) is 22.5 Å². The van der Waals surface area contributed by atoms with Crippen LogP contribution in [0.5, 0.6) is 0 Å². The van der Waals surface area contributed by atoms with Gasteiger partial charge in [-0.1, -0.05) is 18.2 Å². The predicted molar refractivity (Wildman–Crippen MR) is 78.3 cm³/mol. The van der Waals surface area contributed by atoms with Crippen molar-refractivity contribution in [2.45, 2.75) is 20.3 Å². The molecule has 0 saturated heterocycles. The fourth-order valence-corrected chi connectivity index (χ4v) is 2.28. The van der Waals surface area contributed by atoms with Crippen LogP contribution < -0.4 is 0 Å². The van der Waals surface area contributed by atoms with Crippen molar-refractivity contribution in [3.05, 3.63) is 71.2 Å². The van der Waals surface area contributed by atoms with Crippen LogP contribution in [0.25, 0.3) is 10.9 Å². The van der Waals surface area contributed by atoms with Crippen molar-refractivity contribution in [3.63, 3.8) is 0 Å². The van der Waals surface area contributed by atoms with E-state index in [1.165, 1.54) is 16.5 Å². The van der Waals surface area contributed by atoms with Crippen molar-refractivity contribution in [1.29, 1.82) is 0 Å². The van der Waals surface area contributed by atoms with E-state index in [0.29, 0.717) is 0 Å². The van der Waals surface area contributed by atoms with E-state index in [1.54, 1.807) is 0 Å². The van der Waals surface area contributed by atoms with Gasteiger partial charge in [0.1, 0.15) is 0 Å². The van der Waals surface area contributed by atoms with Gasteiger partial charge in [-0.05, 0) is 49.2 Å². The molecule has 0 radical (unpaired) electrons. The van der Waals surface area contributed by atoms with Gasteiger partial charge >= 0.3 is 0 Å². The summed E-state index contributed by atoms with van der Waals surface area (Å²) in [7, 11) is 0. The molecule has 0 N–H and O–H groups in total. The lowest BCUT2D eigenvalue weighted by atomic mass is 10.1. The van der Waals surface area contributed by atoms with Gasteiger partial charge in [-0.3, -0.25) is 9.97 Å². The van der Waals surface area contributed by atoms with E-state index in [2.05, 4.69) is 47.2 Å². The van der Waals surface area contributed by atoms with Crippen molar-refractivity contribution < 1.29 is 0 Å². The Morgan fingerprint density at radius 2 is 1.79 bits per heavy atom. The fourth-order valence-electron chi connectivity index (χ4n) is 2.28. The maximum Gasteiger partial charge on any atom is 0.0708 e. The molecule has 2 aromatic heterocycles. The number of fused-ring (bicyclic) bond motifs is 1. The minimum atomic E-state index is 0.854. The number of nitrogens with zero attached hydrogens (tertiary/aromatic N) is 2. The van der Waals surface area contributed by atoms with E-state index >= 15 is 0 Å². The smallest absolute Gasteiger partial charge is 0.0708 e. The topological polar surface area (TPSA) is 25.8 Å². The zero-order chi connectivity index (χ0) is 13.2. The maximum atomic E-state index is 4.58. The Morgan fingerprint density at radius 3 is 2.63 bits per heavy atom. The second-order valence-corrected chi connectivity index (χ2v) is 4.98. The Kier molecular flexibility index (Phi) is 3.00. The minimum Gasteiger partial charge on any atom is -0.261 e. The molecule has 0 unspecified atom stereocenters. The van der Waals surface area contributed by atoms with E-state index in [4.69, 9.17) is 0 Å². The van der Waals surface area contributed by atoms with Crippen LogP contribution in [0.4, 0.5) is 0 Å². The highest BCUT2D eigenvalue weighted by molar-refractivity contribution is 5.79. The summed E-state index contributed by atoms with van der Waals surface area (Å²) < 4.78 is 0. The third-order valence-corrected chi connectivity index (χ3v) is 3.25. The van der Waals surface area contributed by atoms with E-state index < -0.39 is 0 Å². The molecule has 0 aliphatic heterocycles. The number of rotatable bonds is 2. The SMILES string of the molecule is Cc1ccnc(Cc2ccc3ccc(C)nc3c2)c1. The molecule has 3 aromatic rings. The van der Waals surface area contributed by atoms with E-state index in [1.807, 2.05) is 25.3 Å². The van der Waals surface area contributed by atoms with Gasteiger partial charge in [0, 0.05) is 29.4 Å². The highest BCUT2D eigenvalue weighted by Crippen LogP contribution is 2.17. The van der Waals surface area contributed by atoms with Crippen LogP contribution in [-0.4, -0.2) is 9.97 Å². The average molecular weight is 248 g/mol. The van der Waals surface area contributed by atoms with E-state index in [9.17, 15) is 0 Å². The molecule has 0 amide bonds. The van der Waals surface area contributed by atoms with Gasteiger partial charge in [0.25, 0.3) is 0 Å². The van der Waals surface area contributed by atoms with Gasteiger partial charge in [-0.15, -0.1) is 0 Å². The van der Waals surface area contributed by atoms with E-state index in [0.717, 1.165) is 23.3 Å². The Balaban J connectivity index is 1.97. The minimum absolute atomic E-state index is 0.854. The first kappa shape index (κ1) is 11.8. The van der Waals surface area contributed by atoms with Crippen molar-refractivity contribution in [2.24, 2.45) is 0 Å². The largest absolute Gasteiger partial charge is 0.261 e. The molecule has 3 rings (SSSR count). The number of benzene rings is 1. The van der Waals surface area contributed by atoms with Crippen LogP contribution >= 0.6 is 0 Å². The molecular formula is C17H16N2. The highest BCUT2D eigenvalue weighted by atomic mass is 14.7. The van der Waals surface area contributed by atoms with Crippen LogP contribution in [0.15, 0.2) is 48.7 Å². The molecular weight excluding hydrogens is 232 g/mol. The maximum absolute atomic E-state index is 4.58. The number of aromatic nitrogens is 2. The lowest BCUT2D eigenvalue weighted by Gasteiger charge is -2.04. The normalized spacial score (nSPS) is 10.8. The lowest BCUT2D eigenvalue weighted by Crippen LogP contribution is -1.93. The Hall–Kier alpha value is -2.22. The van der Waals surface area contributed by atoms with E-state index in [-0.39, 0.29) is 0 Å². The highest BCUT2D eigenvalue weighted by Gasteiger charge is 2.01. The molecule has 0 bridgehead atoms. The molecule has 0 atom stereocenters. The first-order chi connectivity index (χ1) is 9.20. The second-order valence-electron chi connectivity index (χ2n) is 4.98. The monoisotopic (exact) mass is 248 g/mol. The first-order valence-electron chi connectivity index (χ1n) is 6.48. The summed E-state index contributed by atoms with van der Waals surface area (Å²) in [5, 5.41) is 1.19. The van der Waals surface area contributed by atoms with Crippen LogP contribution in [0.3, 0.4) is 0 Å². The zero-order valence-corrected chi connectivity index (χ0v) is 11.2. The van der Waals surface area contributed by atoms with Gasteiger partial charge in [0.05, 0.1) is 5.52 Å². The van der Waals surface area contributed by atoms with Crippen molar-refractivity contribution in [1.82, 2.24) is 9.97 Å². The summed E-state index contributed by atoms with van der Waals surface area (Å²) in [6.45, 7) is 4.12. The molecule has 1 aromatic carbocycles. The standard InChI is InChI=1S/C17H16N2/c1-12-7-8-18-16(9-12)10-14-4-6-15-5-3-13(2)19-17(15)11-14/h3-9,11H,10H2,1-2H3. The van der Waals surface area contributed by atoms with Gasteiger partial charge in [0.2, 0.25) is 0 Å². The first-order valence-corrected chi connectivity index (χ1v) is 6.48. The summed E-state index contributed by atoms with van der Waals surface area (Å²) in [5.74, 6) is 0. The summed E-state index contributed by atoms with van der Waals surface area (Å²) in [6.07, 6.45) is 2.72. The Labute approximate surface area is 113 Å². The molecule has 0 spiro atoms. The van der Waals surface area contributed by atoms with Gasteiger partial charge < -0.3 is 0 Å². The summed E-state index contributed by atoms with van der Waals surface area (Å²) in [5.41, 5.74) is 5.72. The van der Waals surface area contributed by atoms with Crippen molar-refractivity contribution >= 4 is 10.9 Å². The molecule has 94 valence electrons. The molecule has 0 aliphatic carbocycles. The molecule has 19 heavy (non-hydrogen) atoms. The van der Waals surface area contributed by atoms with Crippen LogP contribution in [0.2, 0.25) is 0 Å². The fraction of sp³-hybridized carbons (Fsp3) is 0.176. The van der Waals surface area contributed by atoms with Crippen molar-refractivity contribution in [3.8, 4) is 0 Å². The van der Waals surface area contributed by atoms with Crippen molar-refractivity contribution in [2.75, 3.05) is 0 Å². The third kappa shape index (κ3) is 2.63. The molecule has 0 aliphatic rings. The third-order valence-electron chi connectivity index (χ3n) is 3.25. The summed E-state index contributed by atoms with van der Waals surface area (Å²) >= 11 is 0. The molecule has 0 fully saturated rings. The van der Waals surface area contributed by atoms with Gasteiger partial charge in [0.15, 0.2) is 0 Å². The molecule has 0 saturated carbocycles. The van der Waals surface area contributed by atoms with Crippen LogP contribution in [0, 0.1) is 13.8 Å². The number of hydrogen-bond acceptors (Lipinski definition) is 2. The summed E-state index contributed by atoms with van der Waals surface area (Å²) in [6, 6.07) is 14.8. The molecule has 2 heterocycles.